The second-order valence-corrected chi connectivity index (χ2v) is 4.63. The number of amides is 2. The van der Waals surface area contributed by atoms with E-state index < -0.39 is 6.09 Å². The van der Waals surface area contributed by atoms with E-state index in [0.29, 0.717) is 0 Å². The molecule has 5 heteroatoms. The number of carbonyl (C=O) groups is 2. The van der Waals surface area contributed by atoms with E-state index in [1.807, 2.05) is 54.6 Å². The lowest BCUT2D eigenvalue weighted by molar-refractivity contribution is -0.121. The molecule has 0 aliphatic carbocycles. The number of ether oxygens (including phenoxy) is 1. The maximum absolute atomic E-state index is 11.7. The molecular formula is C17H18N2O3. The Kier molecular flexibility index (Phi) is 5.54. The zero-order valence-electron chi connectivity index (χ0n) is 12.3. The standard InChI is InChI=1S/C17H18N2O3/c1-2-22-17(21)19-18-16(20)12-13-8-10-15(11-9-13)14-6-4-3-5-7-14/h3-11H,2,12H2,1H3,(H,18,20)(H,19,21). The number of hydrogen-bond donors (Lipinski definition) is 2. The minimum Gasteiger partial charge on any atom is -0.449 e. The first-order valence-corrected chi connectivity index (χ1v) is 7.05. The number of hydrazine groups is 1. The van der Waals surface area contributed by atoms with Crippen LogP contribution in [0.2, 0.25) is 0 Å². The average molecular weight is 298 g/mol. The van der Waals surface area contributed by atoms with E-state index in [1.54, 1.807) is 6.92 Å². The number of nitrogens with one attached hydrogen (secondary N) is 2. The van der Waals surface area contributed by atoms with Gasteiger partial charge in [-0.15, -0.1) is 0 Å². The van der Waals surface area contributed by atoms with Gasteiger partial charge in [-0.2, -0.15) is 0 Å². The largest absolute Gasteiger partial charge is 0.449 e. The van der Waals surface area contributed by atoms with E-state index in [1.165, 1.54) is 0 Å². The van der Waals surface area contributed by atoms with E-state index in [0.717, 1.165) is 16.7 Å². The number of rotatable bonds is 4. The predicted octanol–water partition coefficient (Wildman–Crippen LogP) is 2.67. The molecule has 0 unspecified atom stereocenters. The fraction of sp³-hybridized carbons (Fsp3) is 0.176. The summed E-state index contributed by atoms with van der Waals surface area (Å²) in [4.78, 5) is 22.7. The van der Waals surface area contributed by atoms with Crippen molar-refractivity contribution in [2.45, 2.75) is 13.3 Å². The molecule has 2 amide bonds. The summed E-state index contributed by atoms with van der Waals surface area (Å²) in [5, 5.41) is 0. The first-order valence-electron chi connectivity index (χ1n) is 7.05. The van der Waals surface area contributed by atoms with Gasteiger partial charge in [-0.05, 0) is 23.6 Å². The summed E-state index contributed by atoms with van der Waals surface area (Å²) in [5.74, 6) is -0.305. The van der Waals surface area contributed by atoms with E-state index in [2.05, 4.69) is 15.6 Å². The monoisotopic (exact) mass is 298 g/mol. The lowest BCUT2D eigenvalue weighted by atomic mass is 10.0. The van der Waals surface area contributed by atoms with Crippen LogP contribution in [0.4, 0.5) is 4.79 Å². The molecule has 2 aromatic rings. The third kappa shape index (κ3) is 4.63. The van der Waals surface area contributed by atoms with Gasteiger partial charge >= 0.3 is 6.09 Å². The van der Waals surface area contributed by atoms with Crippen LogP contribution >= 0.6 is 0 Å². The lowest BCUT2D eigenvalue weighted by Crippen LogP contribution is -2.42. The predicted molar refractivity (Wildman–Crippen MR) is 83.9 cm³/mol. The average Bonchev–Trinajstić information content (AvgIpc) is 2.55. The summed E-state index contributed by atoms with van der Waals surface area (Å²) < 4.78 is 4.64. The van der Waals surface area contributed by atoms with Crippen LogP contribution in [0, 0.1) is 0 Å². The molecule has 2 rings (SSSR count). The van der Waals surface area contributed by atoms with Crippen molar-refractivity contribution in [2.24, 2.45) is 0 Å². The highest BCUT2D eigenvalue weighted by Crippen LogP contribution is 2.19. The van der Waals surface area contributed by atoms with E-state index in [-0.39, 0.29) is 18.9 Å². The van der Waals surface area contributed by atoms with Gasteiger partial charge in [-0.1, -0.05) is 54.6 Å². The molecule has 0 heterocycles. The fourth-order valence-corrected chi connectivity index (χ4v) is 1.96. The van der Waals surface area contributed by atoms with Crippen LogP contribution in [0.15, 0.2) is 54.6 Å². The molecular weight excluding hydrogens is 280 g/mol. The van der Waals surface area contributed by atoms with Crippen molar-refractivity contribution in [1.82, 2.24) is 10.9 Å². The minimum atomic E-state index is -0.671. The Bertz CT molecular complexity index is 624. The van der Waals surface area contributed by atoms with Crippen molar-refractivity contribution in [2.75, 3.05) is 6.61 Å². The third-order valence-electron chi connectivity index (χ3n) is 3.01. The van der Waals surface area contributed by atoms with Crippen molar-refractivity contribution >= 4 is 12.0 Å². The van der Waals surface area contributed by atoms with Gasteiger partial charge in [0.25, 0.3) is 0 Å². The van der Waals surface area contributed by atoms with Crippen LogP contribution in [0.1, 0.15) is 12.5 Å². The van der Waals surface area contributed by atoms with Crippen LogP contribution in [-0.2, 0) is 16.0 Å². The first-order chi connectivity index (χ1) is 10.7. The Hall–Kier alpha value is -2.82. The Labute approximate surface area is 129 Å². The van der Waals surface area contributed by atoms with E-state index in [4.69, 9.17) is 0 Å². The van der Waals surface area contributed by atoms with Gasteiger partial charge in [0.15, 0.2) is 0 Å². The molecule has 2 N–H and O–H groups in total. The molecule has 22 heavy (non-hydrogen) atoms. The summed E-state index contributed by atoms with van der Waals surface area (Å²) in [6.45, 7) is 1.94. The zero-order valence-corrected chi connectivity index (χ0v) is 12.3. The summed E-state index contributed by atoms with van der Waals surface area (Å²) in [6.07, 6.45) is -0.489. The Morgan fingerprint density at radius 3 is 2.18 bits per heavy atom. The number of benzene rings is 2. The van der Waals surface area contributed by atoms with E-state index >= 15 is 0 Å². The molecule has 0 bridgehead atoms. The number of carbonyl (C=O) groups excluding carboxylic acids is 2. The van der Waals surface area contributed by atoms with Crippen molar-refractivity contribution in [3.63, 3.8) is 0 Å². The molecule has 0 spiro atoms. The highest BCUT2D eigenvalue weighted by atomic mass is 16.5. The maximum atomic E-state index is 11.7. The van der Waals surface area contributed by atoms with Crippen LogP contribution in [0.25, 0.3) is 11.1 Å². The summed E-state index contributed by atoms with van der Waals surface area (Å²) in [6, 6.07) is 17.7. The van der Waals surface area contributed by atoms with Gasteiger partial charge in [0.05, 0.1) is 13.0 Å². The maximum Gasteiger partial charge on any atom is 0.426 e. The SMILES string of the molecule is CCOC(=O)NNC(=O)Cc1ccc(-c2ccccc2)cc1. The van der Waals surface area contributed by atoms with Crippen molar-refractivity contribution in [1.29, 1.82) is 0 Å². The number of hydrogen-bond acceptors (Lipinski definition) is 3. The lowest BCUT2D eigenvalue weighted by Gasteiger charge is -2.07. The van der Waals surface area contributed by atoms with Crippen LogP contribution < -0.4 is 10.9 Å². The summed E-state index contributed by atoms with van der Waals surface area (Å²) in [7, 11) is 0. The molecule has 5 nitrogen and oxygen atoms in total. The Morgan fingerprint density at radius 1 is 0.909 bits per heavy atom. The molecule has 114 valence electrons. The van der Waals surface area contributed by atoms with Gasteiger partial charge in [0, 0.05) is 0 Å². The smallest absolute Gasteiger partial charge is 0.426 e. The topological polar surface area (TPSA) is 67.4 Å². The summed E-state index contributed by atoms with van der Waals surface area (Å²) >= 11 is 0. The molecule has 2 aromatic carbocycles. The Morgan fingerprint density at radius 2 is 1.55 bits per heavy atom. The van der Waals surface area contributed by atoms with Crippen molar-refractivity contribution in [3.8, 4) is 11.1 Å². The quantitative estimate of drug-likeness (QED) is 0.853. The van der Waals surface area contributed by atoms with Crippen LogP contribution in [0.5, 0.6) is 0 Å². The van der Waals surface area contributed by atoms with Crippen molar-refractivity contribution < 1.29 is 14.3 Å². The van der Waals surface area contributed by atoms with Crippen LogP contribution in [0.3, 0.4) is 0 Å². The Balaban J connectivity index is 1.89. The highest BCUT2D eigenvalue weighted by Gasteiger charge is 2.06. The molecule has 0 atom stereocenters. The highest BCUT2D eigenvalue weighted by molar-refractivity contribution is 5.81. The molecule has 0 radical (unpaired) electrons. The molecule has 0 aliphatic rings. The second kappa shape index (κ2) is 7.83. The molecule has 0 saturated carbocycles. The van der Waals surface area contributed by atoms with E-state index in [9.17, 15) is 9.59 Å². The first kappa shape index (κ1) is 15.6. The molecule has 0 aromatic heterocycles. The van der Waals surface area contributed by atoms with Crippen molar-refractivity contribution in [3.05, 3.63) is 60.2 Å². The minimum absolute atomic E-state index is 0.182. The normalized spacial score (nSPS) is 9.86. The van der Waals surface area contributed by atoms with Gasteiger partial charge in [0.2, 0.25) is 5.91 Å². The van der Waals surface area contributed by atoms with Gasteiger partial charge in [-0.3, -0.25) is 10.2 Å². The summed E-state index contributed by atoms with van der Waals surface area (Å²) in [5.41, 5.74) is 7.56. The second-order valence-electron chi connectivity index (χ2n) is 4.63. The van der Waals surface area contributed by atoms with Gasteiger partial charge in [-0.25, -0.2) is 10.2 Å². The molecule has 0 fully saturated rings. The molecule has 0 saturated heterocycles. The fourth-order valence-electron chi connectivity index (χ4n) is 1.96. The molecule has 0 aliphatic heterocycles. The zero-order chi connectivity index (χ0) is 15.8. The van der Waals surface area contributed by atoms with Crippen LogP contribution in [-0.4, -0.2) is 18.6 Å². The van der Waals surface area contributed by atoms with Gasteiger partial charge in [0.1, 0.15) is 0 Å². The van der Waals surface area contributed by atoms with Gasteiger partial charge < -0.3 is 4.74 Å². The third-order valence-corrected chi connectivity index (χ3v) is 3.01.